The van der Waals surface area contributed by atoms with E-state index in [9.17, 15) is 5.11 Å². The van der Waals surface area contributed by atoms with Crippen molar-refractivity contribution in [3.63, 3.8) is 0 Å². The van der Waals surface area contributed by atoms with Crippen LogP contribution in [0.4, 0.5) is 0 Å². The number of nitrogens with one attached hydrogen (secondary N) is 1. The third-order valence-electron chi connectivity index (χ3n) is 4.33. The van der Waals surface area contributed by atoms with Gasteiger partial charge in [-0.1, -0.05) is 13.8 Å². The van der Waals surface area contributed by atoms with E-state index >= 15 is 0 Å². The Bertz CT molecular complexity index is 252. The average molecular weight is 257 g/mol. The molecule has 2 rings (SSSR count). The first kappa shape index (κ1) is 14.3. The lowest BCUT2D eigenvalue weighted by atomic mass is 9.71. The minimum Gasteiger partial charge on any atom is -0.389 e. The molecule has 0 radical (unpaired) electrons. The molecule has 4 heteroatoms. The Kier molecular flexibility index (Phi) is 4.64. The first-order valence-electron chi connectivity index (χ1n) is 7.12. The molecule has 1 aliphatic heterocycles. The molecule has 1 saturated heterocycles. The van der Waals surface area contributed by atoms with Crippen LogP contribution >= 0.6 is 0 Å². The predicted octanol–water partition coefficient (Wildman–Crippen LogP) is 1.67. The molecule has 2 fully saturated rings. The van der Waals surface area contributed by atoms with Crippen molar-refractivity contribution < 1.29 is 14.6 Å². The van der Waals surface area contributed by atoms with Crippen LogP contribution in [0.2, 0.25) is 0 Å². The van der Waals surface area contributed by atoms with Gasteiger partial charge in [0.1, 0.15) is 6.79 Å². The maximum Gasteiger partial charge on any atom is 0.147 e. The van der Waals surface area contributed by atoms with Gasteiger partial charge in [-0.15, -0.1) is 0 Å². The molecule has 2 aliphatic rings. The van der Waals surface area contributed by atoms with Crippen molar-refractivity contribution in [1.29, 1.82) is 0 Å². The van der Waals surface area contributed by atoms with E-state index in [1.165, 1.54) is 0 Å². The van der Waals surface area contributed by atoms with E-state index in [1.54, 1.807) is 0 Å². The summed E-state index contributed by atoms with van der Waals surface area (Å²) < 4.78 is 10.6. The van der Waals surface area contributed by atoms with Gasteiger partial charge >= 0.3 is 0 Å². The smallest absolute Gasteiger partial charge is 0.147 e. The van der Waals surface area contributed by atoms with Gasteiger partial charge in [0.25, 0.3) is 0 Å². The standard InChI is InChI=1S/C14H27NO3/c1-13(2)4-6-14(16,7-5-13)10-15-9-12-3-8-17-11-18-12/h12,15-16H,3-11H2,1-2H3. The van der Waals surface area contributed by atoms with Gasteiger partial charge in [0, 0.05) is 13.1 Å². The van der Waals surface area contributed by atoms with E-state index in [-0.39, 0.29) is 6.10 Å². The van der Waals surface area contributed by atoms with E-state index in [0.29, 0.717) is 18.8 Å². The minimum atomic E-state index is -0.513. The number of ether oxygens (including phenoxy) is 2. The van der Waals surface area contributed by atoms with Crippen LogP contribution in [-0.2, 0) is 9.47 Å². The van der Waals surface area contributed by atoms with Crippen LogP contribution in [0.1, 0.15) is 46.0 Å². The molecule has 1 saturated carbocycles. The SMILES string of the molecule is CC1(C)CCC(O)(CNCC2CCOCO2)CC1. The second-order valence-corrected chi connectivity index (χ2v) is 6.62. The molecule has 0 bridgehead atoms. The predicted molar refractivity (Wildman–Crippen MR) is 70.4 cm³/mol. The van der Waals surface area contributed by atoms with Crippen molar-refractivity contribution in [2.45, 2.75) is 57.7 Å². The molecule has 0 amide bonds. The van der Waals surface area contributed by atoms with Gasteiger partial charge in [-0.2, -0.15) is 0 Å². The third kappa shape index (κ3) is 4.19. The topological polar surface area (TPSA) is 50.7 Å². The summed E-state index contributed by atoms with van der Waals surface area (Å²) in [6.45, 7) is 7.26. The first-order chi connectivity index (χ1) is 8.49. The van der Waals surface area contributed by atoms with Crippen LogP contribution in [0.15, 0.2) is 0 Å². The zero-order valence-corrected chi connectivity index (χ0v) is 11.7. The molecule has 1 heterocycles. The van der Waals surface area contributed by atoms with Crippen LogP contribution in [0.25, 0.3) is 0 Å². The average Bonchev–Trinajstić information content (AvgIpc) is 2.35. The van der Waals surface area contributed by atoms with Gasteiger partial charge in [-0.3, -0.25) is 0 Å². The van der Waals surface area contributed by atoms with Crippen molar-refractivity contribution in [2.24, 2.45) is 5.41 Å². The summed E-state index contributed by atoms with van der Waals surface area (Å²) >= 11 is 0. The summed E-state index contributed by atoms with van der Waals surface area (Å²) in [7, 11) is 0. The molecule has 18 heavy (non-hydrogen) atoms. The zero-order valence-electron chi connectivity index (χ0n) is 11.7. The van der Waals surface area contributed by atoms with Crippen molar-refractivity contribution >= 4 is 0 Å². The number of rotatable bonds is 4. The molecule has 0 aromatic rings. The molecule has 1 unspecified atom stereocenters. The Hall–Kier alpha value is -0.160. The number of aliphatic hydroxyl groups is 1. The fourth-order valence-electron chi connectivity index (χ4n) is 2.70. The molecule has 1 atom stereocenters. The van der Waals surface area contributed by atoms with Crippen LogP contribution in [0.3, 0.4) is 0 Å². The van der Waals surface area contributed by atoms with E-state index < -0.39 is 5.60 Å². The lowest BCUT2D eigenvalue weighted by Crippen LogP contribution is -2.47. The summed E-state index contributed by atoms with van der Waals surface area (Å²) in [6.07, 6.45) is 5.21. The highest BCUT2D eigenvalue weighted by Crippen LogP contribution is 2.39. The summed E-state index contributed by atoms with van der Waals surface area (Å²) in [6, 6.07) is 0. The van der Waals surface area contributed by atoms with Crippen molar-refractivity contribution in [3.8, 4) is 0 Å². The fourth-order valence-corrected chi connectivity index (χ4v) is 2.70. The van der Waals surface area contributed by atoms with E-state index in [2.05, 4.69) is 19.2 Å². The van der Waals surface area contributed by atoms with E-state index in [1.807, 2.05) is 0 Å². The zero-order chi connectivity index (χ0) is 13.1. The van der Waals surface area contributed by atoms with Crippen LogP contribution < -0.4 is 5.32 Å². The summed E-state index contributed by atoms with van der Waals surface area (Å²) in [5, 5.41) is 13.9. The van der Waals surface area contributed by atoms with E-state index in [4.69, 9.17) is 9.47 Å². The molecule has 0 aromatic carbocycles. The van der Waals surface area contributed by atoms with E-state index in [0.717, 1.165) is 45.3 Å². The van der Waals surface area contributed by atoms with Gasteiger partial charge in [-0.25, -0.2) is 0 Å². The monoisotopic (exact) mass is 257 g/mol. The first-order valence-corrected chi connectivity index (χ1v) is 7.12. The lowest BCUT2D eigenvalue weighted by molar-refractivity contribution is -0.138. The lowest BCUT2D eigenvalue weighted by Gasteiger charge is -2.40. The second kappa shape index (κ2) is 5.87. The maximum atomic E-state index is 10.5. The van der Waals surface area contributed by atoms with Gasteiger partial charge in [0.05, 0.1) is 18.3 Å². The van der Waals surface area contributed by atoms with Gasteiger partial charge in [-0.05, 0) is 37.5 Å². The maximum absolute atomic E-state index is 10.5. The highest BCUT2D eigenvalue weighted by atomic mass is 16.7. The molecule has 0 aromatic heterocycles. The highest BCUT2D eigenvalue weighted by Gasteiger charge is 2.36. The highest BCUT2D eigenvalue weighted by molar-refractivity contribution is 4.90. The third-order valence-corrected chi connectivity index (χ3v) is 4.33. The molecule has 4 nitrogen and oxygen atoms in total. The summed E-state index contributed by atoms with van der Waals surface area (Å²) in [5.41, 5.74) is -0.114. The Morgan fingerprint density at radius 2 is 1.94 bits per heavy atom. The Morgan fingerprint density at radius 1 is 1.22 bits per heavy atom. The second-order valence-electron chi connectivity index (χ2n) is 6.62. The van der Waals surface area contributed by atoms with Crippen LogP contribution in [0, 0.1) is 5.41 Å². The number of hydrogen-bond donors (Lipinski definition) is 2. The van der Waals surface area contributed by atoms with Crippen molar-refractivity contribution in [1.82, 2.24) is 5.32 Å². The normalized spacial score (nSPS) is 31.2. The Balaban J connectivity index is 1.66. The quantitative estimate of drug-likeness (QED) is 0.804. The summed E-state index contributed by atoms with van der Waals surface area (Å²) in [5.74, 6) is 0. The van der Waals surface area contributed by atoms with Crippen molar-refractivity contribution in [2.75, 3.05) is 26.5 Å². The Labute approximate surface area is 110 Å². The number of hydrogen-bond acceptors (Lipinski definition) is 4. The molecule has 0 spiro atoms. The summed E-state index contributed by atoms with van der Waals surface area (Å²) in [4.78, 5) is 0. The van der Waals surface area contributed by atoms with Crippen molar-refractivity contribution in [3.05, 3.63) is 0 Å². The molecule has 2 N–H and O–H groups in total. The Morgan fingerprint density at radius 3 is 2.56 bits per heavy atom. The fraction of sp³-hybridized carbons (Fsp3) is 1.00. The van der Waals surface area contributed by atoms with Crippen LogP contribution in [0.5, 0.6) is 0 Å². The molecular weight excluding hydrogens is 230 g/mol. The largest absolute Gasteiger partial charge is 0.389 e. The molecule has 106 valence electrons. The van der Waals surface area contributed by atoms with Gasteiger partial charge in [0.2, 0.25) is 0 Å². The minimum absolute atomic E-state index is 0.238. The van der Waals surface area contributed by atoms with Gasteiger partial charge in [0.15, 0.2) is 0 Å². The molecular formula is C14H27NO3. The van der Waals surface area contributed by atoms with Crippen LogP contribution in [-0.4, -0.2) is 43.3 Å². The molecule has 1 aliphatic carbocycles. The van der Waals surface area contributed by atoms with Gasteiger partial charge < -0.3 is 19.9 Å².